The van der Waals surface area contributed by atoms with Crippen LogP contribution in [-0.2, 0) is 4.74 Å². The Morgan fingerprint density at radius 2 is 2.03 bits per heavy atom. The van der Waals surface area contributed by atoms with E-state index in [9.17, 15) is 10.2 Å². The van der Waals surface area contributed by atoms with Crippen LogP contribution in [0.2, 0.25) is 0 Å². The molecule has 0 spiro atoms. The SMILES string of the molecule is Nc1ccc2nc(SC[C@H]3O[C@@H](n4cnc5c(N)ncnc54)[C@H](O)[C@@H]3O)[nH]c2c1. The second-order valence-corrected chi connectivity index (χ2v) is 7.77. The average molecular weight is 414 g/mol. The number of aliphatic hydroxyl groups is 2. The summed E-state index contributed by atoms with van der Waals surface area (Å²) in [7, 11) is 0. The molecule has 0 radical (unpaired) electrons. The quantitative estimate of drug-likeness (QED) is 0.230. The van der Waals surface area contributed by atoms with Gasteiger partial charge in [0.25, 0.3) is 0 Å². The molecular weight excluding hydrogens is 396 g/mol. The van der Waals surface area contributed by atoms with Crippen molar-refractivity contribution in [1.29, 1.82) is 0 Å². The lowest BCUT2D eigenvalue weighted by atomic mass is 10.1. The Morgan fingerprint density at radius 3 is 2.90 bits per heavy atom. The lowest BCUT2D eigenvalue weighted by Gasteiger charge is -2.16. The maximum Gasteiger partial charge on any atom is 0.167 e. The number of nitrogens with one attached hydrogen (secondary N) is 1. The van der Waals surface area contributed by atoms with Crippen LogP contribution in [0.3, 0.4) is 0 Å². The third-order valence-electron chi connectivity index (χ3n) is 4.87. The van der Waals surface area contributed by atoms with Crippen molar-refractivity contribution < 1.29 is 14.9 Å². The van der Waals surface area contributed by atoms with E-state index in [2.05, 4.69) is 24.9 Å². The van der Waals surface area contributed by atoms with Gasteiger partial charge in [-0.1, -0.05) is 11.8 Å². The van der Waals surface area contributed by atoms with Gasteiger partial charge in [-0.15, -0.1) is 0 Å². The zero-order valence-corrected chi connectivity index (χ0v) is 15.8. The fraction of sp³-hybridized carbons (Fsp3) is 0.294. The molecule has 1 fully saturated rings. The number of hydrogen-bond donors (Lipinski definition) is 5. The number of hydrogen-bond acceptors (Lipinski definition) is 10. The zero-order chi connectivity index (χ0) is 20.1. The van der Waals surface area contributed by atoms with E-state index in [-0.39, 0.29) is 5.82 Å². The Bertz CT molecular complexity index is 1190. The first-order valence-electron chi connectivity index (χ1n) is 8.84. The molecule has 0 amide bonds. The van der Waals surface area contributed by atoms with Crippen LogP contribution in [0.4, 0.5) is 11.5 Å². The first-order valence-corrected chi connectivity index (χ1v) is 9.82. The third kappa shape index (κ3) is 3.06. The Morgan fingerprint density at radius 1 is 1.17 bits per heavy atom. The number of rotatable bonds is 4. The number of nitrogens with zero attached hydrogens (tertiary/aromatic N) is 5. The molecule has 0 aliphatic carbocycles. The van der Waals surface area contributed by atoms with Crippen molar-refractivity contribution in [2.45, 2.75) is 29.7 Å². The van der Waals surface area contributed by atoms with Gasteiger partial charge in [0.05, 0.1) is 23.5 Å². The number of aromatic amines is 1. The zero-order valence-electron chi connectivity index (χ0n) is 15.0. The molecular formula is C17H18N8O3S. The molecule has 3 aromatic heterocycles. The largest absolute Gasteiger partial charge is 0.399 e. The molecule has 4 aromatic rings. The van der Waals surface area contributed by atoms with E-state index in [1.165, 1.54) is 24.4 Å². The van der Waals surface area contributed by atoms with Crippen molar-refractivity contribution in [1.82, 2.24) is 29.5 Å². The molecule has 11 nitrogen and oxygen atoms in total. The lowest BCUT2D eigenvalue weighted by molar-refractivity contribution is -0.0289. The number of fused-ring (bicyclic) bond motifs is 2. The van der Waals surface area contributed by atoms with Crippen LogP contribution in [0, 0.1) is 0 Å². The van der Waals surface area contributed by atoms with Crippen LogP contribution < -0.4 is 11.5 Å². The number of ether oxygens (including phenoxy) is 1. The van der Waals surface area contributed by atoms with Gasteiger partial charge in [0.15, 0.2) is 22.8 Å². The number of aromatic nitrogens is 6. The summed E-state index contributed by atoms with van der Waals surface area (Å²) in [6, 6.07) is 5.43. The maximum atomic E-state index is 10.5. The molecule has 0 bridgehead atoms. The summed E-state index contributed by atoms with van der Waals surface area (Å²) in [5.41, 5.74) is 14.7. The molecule has 0 unspecified atom stereocenters. The van der Waals surface area contributed by atoms with Crippen molar-refractivity contribution in [3.63, 3.8) is 0 Å². The van der Waals surface area contributed by atoms with E-state index >= 15 is 0 Å². The van der Waals surface area contributed by atoms with E-state index in [0.29, 0.717) is 27.8 Å². The molecule has 29 heavy (non-hydrogen) atoms. The van der Waals surface area contributed by atoms with Gasteiger partial charge in [-0.05, 0) is 18.2 Å². The fourth-order valence-corrected chi connectivity index (χ4v) is 4.33. The highest BCUT2D eigenvalue weighted by Crippen LogP contribution is 2.34. The Kier molecular flexibility index (Phi) is 4.28. The first kappa shape index (κ1) is 18.1. The van der Waals surface area contributed by atoms with E-state index in [4.69, 9.17) is 16.2 Å². The highest BCUT2D eigenvalue weighted by molar-refractivity contribution is 7.99. The topological polar surface area (TPSA) is 174 Å². The van der Waals surface area contributed by atoms with Crippen molar-refractivity contribution in [2.75, 3.05) is 17.2 Å². The number of benzene rings is 1. The van der Waals surface area contributed by atoms with Crippen LogP contribution >= 0.6 is 11.8 Å². The number of aliphatic hydroxyl groups excluding tert-OH is 2. The monoisotopic (exact) mass is 414 g/mol. The third-order valence-corrected chi connectivity index (χ3v) is 5.83. The van der Waals surface area contributed by atoms with E-state index in [1.807, 2.05) is 12.1 Å². The molecule has 7 N–H and O–H groups in total. The standard InChI is InChI=1S/C17H18N8O3S/c18-7-1-2-8-9(3-7)24-17(23-8)29-4-10-12(26)13(27)16(28-10)25-6-22-11-14(19)20-5-21-15(11)25/h1-3,5-6,10,12-13,16,26-27H,4,18H2,(H,23,24)(H2,19,20,21)/t10-,12-,13-,16-/m1/s1. The Balaban J connectivity index is 1.34. The van der Waals surface area contributed by atoms with E-state index in [1.54, 1.807) is 10.6 Å². The van der Waals surface area contributed by atoms with Crippen molar-refractivity contribution in [2.24, 2.45) is 0 Å². The van der Waals surface area contributed by atoms with Crippen molar-refractivity contribution in [3.8, 4) is 0 Å². The van der Waals surface area contributed by atoms with Crippen LogP contribution in [0.5, 0.6) is 0 Å². The second kappa shape index (κ2) is 6.84. The predicted octanol–water partition coefficient (Wildman–Crippen LogP) is 0.278. The minimum absolute atomic E-state index is 0.236. The van der Waals surface area contributed by atoms with Gasteiger partial charge in [0.1, 0.15) is 24.1 Å². The van der Waals surface area contributed by atoms with Crippen LogP contribution in [0.25, 0.3) is 22.2 Å². The summed E-state index contributed by atoms with van der Waals surface area (Å²) in [6.07, 6.45) is -0.904. The molecule has 4 heterocycles. The molecule has 1 saturated heterocycles. The van der Waals surface area contributed by atoms with Gasteiger partial charge < -0.3 is 31.4 Å². The van der Waals surface area contributed by atoms with Crippen molar-refractivity contribution >= 4 is 45.5 Å². The molecule has 1 aromatic carbocycles. The molecule has 1 aliphatic heterocycles. The number of H-pyrrole nitrogens is 1. The number of nitrogens with two attached hydrogens (primary N) is 2. The van der Waals surface area contributed by atoms with Gasteiger partial charge in [-0.3, -0.25) is 4.57 Å². The van der Waals surface area contributed by atoms with Gasteiger partial charge in [0, 0.05) is 11.4 Å². The van der Waals surface area contributed by atoms with Gasteiger partial charge >= 0.3 is 0 Å². The average Bonchev–Trinajstić information content (AvgIpc) is 3.38. The summed E-state index contributed by atoms with van der Waals surface area (Å²) in [6.45, 7) is 0. The van der Waals surface area contributed by atoms with E-state index < -0.39 is 24.5 Å². The van der Waals surface area contributed by atoms with Gasteiger partial charge in [-0.25, -0.2) is 19.9 Å². The summed E-state index contributed by atoms with van der Waals surface area (Å²) >= 11 is 1.39. The summed E-state index contributed by atoms with van der Waals surface area (Å²) in [5.74, 6) is 0.618. The molecule has 150 valence electrons. The van der Waals surface area contributed by atoms with Crippen LogP contribution in [-0.4, -0.2) is 63.8 Å². The van der Waals surface area contributed by atoms with Gasteiger partial charge in [0.2, 0.25) is 0 Å². The lowest BCUT2D eigenvalue weighted by Crippen LogP contribution is -2.32. The molecule has 1 aliphatic rings. The molecule has 0 saturated carbocycles. The molecule has 4 atom stereocenters. The Labute approximate surface area is 168 Å². The number of thioether (sulfide) groups is 1. The molecule has 5 rings (SSSR count). The highest BCUT2D eigenvalue weighted by Gasteiger charge is 2.44. The number of anilines is 2. The van der Waals surface area contributed by atoms with Crippen LogP contribution in [0.1, 0.15) is 6.23 Å². The Hall–Kier alpha value is -2.93. The first-order chi connectivity index (χ1) is 14.0. The fourth-order valence-electron chi connectivity index (χ4n) is 3.39. The van der Waals surface area contributed by atoms with Gasteiger partial charge in [-0.2, -0.15) is 0 Å². The normalized spacial score (nSPS) is 24.6. The number of nitrogen functional groups attached to an aromatic ring is 2. The minimum atomic E-state index is -1.15. The van der Waals surface area contributed by atoms with Crippen LogP contribution in [0.15, 0.2) is 36.0 Å². The molecule has 12 heteroatoms. The smallest absolute Gasteiger partial charge is 0.167 e. The maximum absolute atomic E-state index is 10.5. The van der Waals surface area contributed by atoms with E-state index in [0.717, 1.165) is 11.0 Å². The summed E-state index contributed by atoms with van der Waals surface area (Å²) < 4.78 is 7.48. The minimum Gasteiger partial charge on any atom is -0.399 e. The summed E-state index contributed by atoms with van der Waals surface area (Å²) in [4.78, 5) is 19.9. The predicted molar refractivity (Wildman–Crippen MR) is 107 cm³/mol. The highest BCUT2D eigenvalue weighted by atomic mass is 32.2. The summed E-state index contributed by atoms with van der Waals surface area (Å²) in [5, 5.41) is 21.7. The van der Waals surface area contributed by atoms with Crippen molar-refractivity contribution in [3.05, 3.63) is 30.9 Å². The number of imidazole rings is 2. The second-order valence-electron chi connectivity index (χ2n) is 6.76.